The minimum absolute atomic E-state index is 0.629. The number of rotatable bonds is 8. The SMILES string of the molecule is c1ccc(-c2nc(-c3ccc(-c4cc(-c5nc(-c6ccccc6)nc(-c6ccccc6)n5)c5ccccc5c4)cc3)nc(-c3cccc(C4C5CC6CC4C65)c3)n2)cc1. The topological polar surface area (TPSA) is 77.3 Å². The molecule has 2 unspecified atom stereocenters. The van der Waals surface area contributed by atoms with E-state index >= 15 is 0 Å². The van der Waals surface area contributed by atoms with E-state index in [-0.39, 0.29) is 0 Å². The predicted molar refractivity (Wildman–Crippen MR) is 235 cm³/mol. The fourth-order valence-corrected chi connectivity index (χ4v) is 10.1. The molecule has 3 aliphatic rings. The van der Waals surface area contributed by atoms with Gasteiger partial charge in [0.15, 0.2) is 34.9 Å². The van der Waals surface area contributed by atoms with E-state index in [0.717, 1.165) is 79.0 Å². The van der Waals surface area contributed by atoms with E-state index in [1.165, 1.54) is 18.4 Å². The summed E-state index contributed by atoms with van der Waals surface area (Å²) in [6.07, 6.45) is 2.81. The molecule has 0 saturated heterocycles. The standard InChI is InChI=1S/C53H38N6/c1-4-13-33(14-5-1)48-54-51(57-52(56-48)39-21-12-20-38(28-39)46-44-30-41-31-45(46)47(41)44)36-25-23-32(24-26-36)40-27-37-19-10-11-22-42(37)43(29-40)53-58-49(34-15-6-2-7-16-34)55-50(59-53)35-17-8-3-9-18-35/h1-29,41,44-47H,30-31H2. The van der Waals surface area contributed by atoms with E-state index in [1.807, 2.05) is 78.9 Å². The first-order chi connectivity index (χ1) is 29.2. The van der Waals surface area contributed by atoms with Gasteiger partial charge in [0.25, 0.3) is 0 Å². The number of benzene rings is 7. The fourth-order valence-electron chi connectivity index (χ4n) is 10.1. The predicted octanol–water partition coefficient (Wildman–Crippen LogP) is 12.2. The van der Waals surface area contributed by atoms with E-state index < -0.39 is 0 Å². The van der Waals surface area contributed by atoms with Crippen LogP contribution < -0.4 is 0 Å². The Balaban J connectivity index is 0.937. The van der Waals surface area contributed by atoms with E-state index in [2.05, 4.69) is 97.1 Å². The quantitative estimate of drug-likeness (QED) is 0.154. The maximum Gasteiger partial charge on any atom is 0.164 e. The fraction of sp³-hybridized carbons (Fsp3) is 0.132. The number of nitrogens with zero attached hydrogens (tertiary/aromatic N) is 6. The van der Waals surface area contributed by atoms with Gasteiger partial charge in [0.2, 0.25) is 0 Å². The molecule has 3 saturated carbocycles. The Morgan fingerprint density at radius 3 is 1.34 bits per heavy atom. The molecule has 2 heterocycles. The second kappa shape index (κ2) is 13.7. The van der Waals surface area contributed by atoms with Crippen molar-refractivity contribution in [3.8, 4) is 79.5 Å². The van der Waals surface area contributed by atoms with Gasteiger partial charge >= 0.3 is 0 Å². The molecule has 0 radical (unpaired) electrons. The van der Waals surface area contributed by atoms with Crippen LogP contribution in [0.3, 0.4) is 0 Å². The summed E-state index contributed by atoms with van der Waals surface area (Å²) >= 11 is 0. The van der Waals surface area contributed by atoms with Crippen LogP contribution in [-0.2, 0) is 0 Å². The third kappa shape index (κ3) is 5.86. The summed E-state index contributed by atoms with van der Waals surface area (Å²) < 4.78 is 0. The van der Waals surface area contributed by atoms with Crippen LogP contribution >= 0.6 is 0 Å². The lowest BCUT2D eigenvalue weighted by Crippen LogP contribution is -2.65. The monoisotopic (exact) mass is 758 g/mol. The van der Waals surface area contributed by atoms with Crippen molar-refractivity contribution < 1.29 is 0 Å². The molecule has 0 amide bonds. The number of fused-ring (bicyclic) bond motifs is 1. The molecule has 0 aliphatic heterocycles. The third-order valence-corrected chi connectivity index (χ3v) is 13.1. The summed E-state index contributed by atoms with van der Waals surface area (Å²) in [5, 5.41) is 2.18. The van der Waals surface area contributed by atoms with Crippen LogP contribution in [0.4, 0.5) is 0 Å². The summed E-state index contributed by atoms with van der Waals surface area (Å²) in [5.74, 6) is 8.36. The molecule has 12 rings (SSSR count). The van der Waals surface area contributed by atoms with Crippen LogP contribution in [0.15, 0.2) is 176 Å². The van der Waals surface area contributed by atoms with Crippen molar-refractivity contribution in [3.05, 3.63) is 181 Å². The maximum atomic E-state index is 5.14. The van der Waals surface area contributed by atoms with Gasteiger partial charge in [0, 0.05) is 33.4 Å². The first-order valence-corrected chi connectivity index (χ1v) is 20.6. The van der Waals surface area contributed by atoms with Crippen molar-refractivity contribution in [2.75, 3.05) is 0 Å². The zero-order chi connectivity index (χ0) is 38.9. The number of aromatic nitrogens is 6. The van der Waals surface area contributed by atoms with Crippen molar-refractivity contribution in [2.45, 2.75) is 18.8 Å². The lowest BCUT2D eigenvalue weighted by molar-refractivity contribution is -0.214. The number of hydrogen-bond acceptors (Lipinski definition) is 6. The molecular weight excluding hydrogens is 721 g/mol. The summed E-state index contributed by atoms with van der Waals surface area (Å²) in [6.45, 7) is 0. The molecule has 2 aromatic heterocycles. The smallest absolute Gasteiger partial charge is 0.164 e. The first-order valence-electron chi connectivity index (χ1n) is 20.6. The highest BCUT2D eigenvalue weighted by Gasteiger charge is 2.67. The van der Waals surface area contributed by atoms with Crippen LogP contribution in [0.1, 0.15) is 24.3 Å². The van der Waals surface area contributed by atoms with Crippen molar-refractivity contribution in [3.63, 3.8) is 0 Å². The van der Waals surface area contributed by atoms with Crippen LogP contribution in [0.2, 0.25) is 0 Å². The molecular formula is C53H38N6. The average molecular weight is 759 g/mol. The molecule has 3 aliphatic carbocycles. The van der Waals surface area contributed by atoms with Crippen LogP contribution in [0.5, 0.6) is 0 Å². The largest absolute Gasteiger partial charge is 0.208 e. The van der Waals surface area contributed by atoms with Crippen molar-refractivity contribution in [1.82, 2.24) is 29.9 Å². The minimum Gasteiger partial charge on any atom is -0.208 e. The molecule has 0 bridgehead atoms. The molecule has 2 atom stereocenters. The van der Waals surface area contributed by atoms with Gasteiger partial charge < -0.3 is 0 Å². The van der Waals surface area contributed by atoms with Crippen molar-refractivity contribution in [1.29, 1.82) is 0 Å². The van der Waals surface area contributed by atoms with E-state index in [0.29, 0.717) is 40.9 Å². The first kappa shape index (κ1) is 33.9. The second-order valence-corrected chi connectivity index (χ2v) is 16.3. The summed E-state index contributed by atoms with van der Waals surface area (Å²) in [6, 6.07) is 60.9. The Morgan fingerprint density at radius 1 is 0.339 bits per heavy atom. The van der Waals surface area contributed by atoms with E-state index in [4.69, 9.17) is 29.9 Å². The average Bonchev–Trinajstić information content (AvgIpc) is 3.31. The third-order valence-electron chi connectivity index (χ3n) is 13.1. The molecule has 7 aromatic carbocycles. The molecule has 3 fully saturated rings. The maximum absolute atomic E-state index is 5.14. The highest BCUT2D eigenvalue weighted by molar-refractivity contribution is 5.99. The highest BCUT2D eigenvalue weighted by atomic mass is 15.0. The van der Waals surface area contributed by atoms with Gasteiger partial charge in [-0.05, 0) is 88.1 Å². The van der Waals surface area contributed by atoms with Gasteiger partial charge in [0.1, 0.15) is 0 Å². The Kier molecular flexibility index (Phi) is 7.90. The van der Waals surface area contributed by atoms with Crippen molar-refractivity contribution >= 4 is 10.8 Å². The molecule has 0 spiro atoms. The molecule has 280 valence electrons. The van der Waals surface area contributed by atoms with Crippen LogP contribution in [-0.4, -0.2) is 29.9 Å². The molecule has 6 heteroatoms. The van der Waals surface area contributed by atoms with Crippen LogP contribution in [0, 0.1) is 23.7 Å². The molecule has 59 heavy (non-hydrogen) atoms. The normalized spacial score (nSPS) is 19.9. The Hall–Kier alpha value is -7.18. The zero-order valence-electron chi connectivity index (χ0n) is 32.2. The van der Waals surface area contributed by atoms with Gasteiger partial charge in [-0.1, -0.05) is 158 Å². The van der Waals surface area contributed by atoms with Gasteiger partial charge in [0.05, 0.1) is 0 Å². The second-order valence-electron chi connectivity index (χ2n) is 16.3. The van der Waals surface area contributed by atoms with E-state index in [1.54, 1.807) is 0 Å². The Labute approximate surface area is 342 Å². The summed E-state index contributed by atoms with van der Waals surface area (Å²) in [7, 11) is 0. The highest BCUT2D eigenvalue weighted by Crippen LogP contribution is 2.75. The Morgan fingerprint density at radius 2 is 0.797 bits per heavy atom. The molecule has 6 nitrogen and oxygen atoms in total. The van der Waals surface area contributed by atoms with Gasteiger partial charge in [-0.3, -0.25) is 0 Å². The van der Waals surface area contributed by atoms with Gasteiger partial charge in [-0.2, -0.15) is 0 Å². The summed E-state index contributed by atoms with van der Waals surface area (Å²) in [5.41, 5.74) is 9.35. The number of hydrogen-bond donors (Lipinski definition) is 0. The lowest BCUT2D eigenvalue weighted by atomic mass is 9.31. The molecule has 0 N–H and O–H groups in total. The van der Waals surface area contributed by atoms with Crippen LogP contribution in [0.25, 0.3) is 90.2 Å². The minimum atomic E-state index is 0.629. The van der Waals surface area contributed by atoms with E-state index in [9.17, 15) is 0 Å². The Bertz CT molecular complexity index is 2950. The van der Waals surface area contributed by atoms with Gasteiger partial charge in [-0.25, -0.2) is 29.9 Å². The van der Waals surface area contributed by atoms with Gasteiger partial charge in [-0.15, -0.1) is 0 Å². The zero-order valence-corrected chi connectivity index (χ0v) is 32.2. The molecule has 9 aromatic rings. The lowest BCUT2D eigenvalue weighted by Gasteiger charge is -2.73. The van der Waals surface area contributed by atoms with Crippen molar-refractivity contribution in [2.24, 2.45) is 23.7 Å². The summed E-state index contributed by atoms with van der Waals surface area (Å²) in [4.78, 5) is 30.4.